The molecule has 0 saturated heterocycles. The minimum atomic E-state index is -1.54. The van der Waals surface area contributed by atoms with E-state index in [4.69, 9.17) is 15.9 Å². The second-order valence-corrected chi connectivity index (χ2v) is 7.35. The van der Waals surface area contributed by atoms with E-state index in [2.05, 4.69) is 16.0 Å². The summed E-state index contributed by atoms with van der Waals surface area (Å²) in [6, 6.07) is 3.75. The van der Waals surface area contributed by atoms with Crippen LogP contribution in [0.1, 0.15) is 19.4 Å². The molecule has 4 atom stereocenters. The molecule has 0 aliphatic rings. The highest BCUT2D eigenvalue weighted by Crippen LogP contribution is 2.07. The number of amides is 3. The van der Waals surface area contributed by atoms with Gasteiger partial charge in [0.25, 0.3) is 0 Å². The monoisotopic (exact) mass is 438 g/mol. The highest BCUT2D eigenvalue weighted by Gasteiger charge is 2.31. The van der Waals surface area contributed by atoms with Crippen LogP contribution >= 0.6 is 0 Å². The third-order valence-corrected chi connectivity index (χ3v) is 4.49. The fourth-order valence-electron chi connectivity index (χ4n) is 2.66. The molecular formula is C20H30N4O7. The van der Waals surface area contributed by atoms with E-state index in [9.17, 15) is 24.3 Å². The highest BCUT2D eigenvalue weighted by molar-refractivity contribution is 5.94. The number of hydrogen-bond donors (Lipinski definition) is 7. The summed E-state index contributed by atoms with van der Waals surface area (Å²) in [5.41, 5.74) is 6.18. The van der Waals surface area contributed by atoms with Crippen LogP contribution in [0.25, 0.3) is 0 Å². The van der Waals surface area contributed by atoms with E-state index in [-0.39, 0.29) is 12.3 Å². The van der Waals surface area contributed by atoms with Crippen LogP contribution in [0.2, 0.25) is 0 Å². The molecule has 3 amide bonds. The van der Waals surface area contributed by atoms with Crippen LogP contribution in [-0.4, -0.2) is 76.4 Å². The maximum absolute atomic E-state index is 12.9. The molecule has 0 aliphatic heterocycles. The molecule has 1 rings (SSSR count). The number of benzene rings is 1. The Morgan fingerprint density at radius 2 is 1.45 bits per heavy atom. The van der Waals surface area contributed by atoms with Crippen molar-refractivity contribution in [2.75, 3.05) is 13.2 Å². The van der Waals surface area contributed by atoms with Gasteiger partial charge in [-0.2, -0.15) is 0 Å². The molecule has 1 aromatic rings. The first-order valence-electron chi connectivity index (χ1n) is 9.75. The van der Waals surface area contributed by atoms with Gasteiger partial charge in [0.15, 0.2) is 0 Å². The quantitative estimate of drug-likeness (QED) is 0.190. The SMILES string of the molecule is CC(C)C(NC(=O)C(N)CO)C(=O)NC(Cc1ccccc1)C(=O)NC(CO)C(=O)O. The van der Waals surface area contributed by atoms with Gasteiger partial charge < -0.3 is 37.0 Å². The number of nitrogens with two attached hydrogens (primary N) is 1. The van der Waals surface area contributed by atoms with Gasteiger partial charge in [-0.05, 0) is 11.5 Å². The summed E-state index contributed by atoms with van der Waals surface area (Å²) in [6.07, 6.45) is 0.0467. The van der Waals surface area contributed by atoms with Gasteiger partial charge >= 0.3 is 5.97 Å². The molecule has 31 heavy (non-hydrogen) atoms. The Morgan fingerprint density at radius 3 is 1.94 bits per heavy atom. The molecule has 1 aromatic carbocycles. The van der Waals surface area contributed by atoms with Crippen molar-refractivity contribution in [3.8, 4) is 0 Å². The third-order valence-electron chi connectivity index (χ3n) is 4.49. The number of carboxylic acid groups (broad SMARTS) is 1. The van der Waals surface area contributed by atoms with Gasteiger partial charge in [-0.1, -0.05) is 44.2 Å². The summed E-state index contributed by atoms with van der Waals surface area (Å²) in [4.78, 5) is 48.7. The van der Waals surface area contributed by atoms with E-state index in [1.54, 1.807) is 44.2 Å². The predicted molar refractivity (Wildman–Crippen MR) is 111 cm³/mol. The van der Waals surface area contributed by atoms with Gasteiger partial charge in [0.1, 0.15) is 24.2 Å². The van der Waals surface area contributed by atoms with Crippen molar-refractivity contribution in [3.05, 3.63) is 35.9 Å². The van der Waals surface area contributed by atoms with E-state index >= 15 is 0 Å². The van der Waals surface area contributed by atoms with Crippen molar-refractivity contribution in [3.63, 3.8) is 0 Å². The van der Waals surface area contributed by atoms with Crippen molar-refractivity contribution in [2.24, 2.45) is 11.7 Å². The minimum absolute atomic E-state index is 0.0467. The Kier molecular flexibility index (Phi) is 10.6. The fourth-order valence-corrected chi connectivity index (χ4v) is 2.66. The van der Waals surface area contributed by atoms with E-state index < -0.39 is 61.1 Å². The van der Waals surface area contributed by atoms with Crippen LogP contribution in [0.3, 0.4) is 0 Å². The van der Waals surface area contributed by atoms with E-state index in [1.165, 1.54) is 0 Å². The van der Waals surface area contributed by atoms with Gasteiger partial charge in [0.2, 0.25) is 17.7 Å². The van der Waals surface area contributed by atoms with Crippen LogP contribution in [0, 0.1) is 5.92 Å². The highest BCUT2D eigenvalue weighted by atomic mass is 16.4. The Hall–Kier alpha value is -3.02. The number of aliphatic carboxylic acids is 1. The normalized spacial score (nSPS) is 14.8. The van der Waals surface area contributed by atoms with Crippen molar-refractivity contribution in [2.45, 2.75) is 44.4 Å². The van der Waals surface area contributed by atoms with Crippen LogP contribution in [0.5, 0.6) is 0 Å². The molecule has 0 heterocycles. The topological polar surface area (TPSA) is 191 Å². The standard InChI is InChI=1S/C20H30N4O7/c1-11(2)16(24-17(27)13(21)9-25)19(29)22-14(8-12-6-4-3-5-7-12)18(28)23-15(10-26)20(30)31/h3-7,11,13-16,25-26H,8-10,21H2,1-2H3,(H,22,29)(H,23,28)(H,24,27)(H,30,31). The zero-order valence-electron chi connectivity index (χ0n) is 17.4. The van der Waals surface area contributed by atoms with Crippen LogP contribution < -0.4 is 21.7 Å². The summed E-state index contributed by atoms with van der Waals surface area (Å²) in [5, 5.41) is 34.4. The van der Waals surface area contributed by atoms with Gasteiger partial charge in [0.05, 0.1) is 13.2 Å². The molecule has 0 spiro atoms. The molecule has 4 unspecified atom stereocenters. The van der Waals surface area contributed by atoms with Gasteiger partial charge in [-0.25, -0.2) is 4.79 Å². The minimum Gasteiger partial charge on any atom is -0.480 e. The first kappa shape index (κ1) is 26.0. The number of carbonyl (C=O) groups is 4. The van der Waals surface area contributed by atoms with Crippen molar-refractivity contribution < 1.29 is 34.5 Å². The van der Waals surface area contributed by atoms with E-state index in [0.717, 1.165) is 0 Å². The number of rotatable bonds is 12. The average molecular weight is 438 g/mol. The number of aliphatic hydroxyl groups is 2. The molecular weight excluding hydrogens is 408 g/mol. The largest absolute Gasteiger partial charge is 0.480 e. The van der Waals surface area contributed by atoms with E-state index in [1.807, 2.05) is 0 Å². The number of hydrogen-bond acceptors (Lipinski definition) is 7. The number of carbonyl (C=O) groups excluding carboxylic acids is 3. The second kappa shape index (κ2) is 12.6. The molecule has 0 aliphatic carbocycles. The molecule has 11 nitrogen and oxygen atoms in total. The zero-order chi connectivity index (χ0) is 23.6. The summed E-state index contributed by atoms with van der Waals surface area (Å²) in [7, 11) is 0. The molecule has 0 saturated carbocycles. The van der Waals surface area contributed by atoms with Gasteiger partial charge in [0, 0.05) is 6.42 Å². The number of aliphatic hydroxyl groups excluding tert-OH is 2. The molecule has 0 fully saturated rings. The molecule has 0 radical (unpaired) electrons. The Bertz CT molecular complexity index is 757. The maximum atomic E-state index is 12.9. The third kappa shape index (κ3) is 8.32. The lowest BCUT2D eigenvalue weighted by Crippen LogP contribution is -2.59. The summed E-state index contributed by atoms with van der Waals surface area (Å²) in [6.45, 7) is 1.92. The summed E-state index contributed by atoms with van der Waals surface area (Å²) < 4.78 is 0. The lowest BCUT2D eigenvalue weighted by atomic mass is 10.0. The van der Waals surface area contributed by atoms with Crippen molar-refractivity contribution in [1.82, 2.24) is 16.0 Å². The zero-order valence-corrected chi connectivity index (χ0v) is 17.4. The summed E-state index contributed by atoms with van der Waals surface area (Å²) in [5.74, 6) is -4.02. The molecule has 0 bridgehead atoms. The maximum Gasteiger partial charge on any atom is 0.328 e. The predicted octanol–water partition coefficient (Wildman–Crippen LogP) is -2.26. The summed E-state index contributed by atoms with van der Waals surface area (Å²) >= 11 is 0. The Balaban J connectivity index is 3.04. The van der Waals surface area contributed by atoms with Crippen molar-refractivity contribution >= 4 is 23.7 Å². The average Bonchev–Trinajstić information content (AvgIpc) is 2.74. The van der Waals surface area contributed by atoms with Crippen LogP contribution in [-0.2, 0) is 25.6 Å². The Morgan fingerprint density at radius 1 is 0.871 bits per heavy atom. The second-order valence-electron chi connectivity index (χ2n) is 7.35. The van der Waals surface area contributed by atoms with Crippen molar-refractivity contribution in [1.29, 1.82) is 0 Å². The molecule has 11 heteroatoms. The van der Waals surface area contributed by atoms with Crippen LogP contribution in [0.15, 0.2) is 30.3 Å². The van der Waals surface area contributed by atoms with E-state index in [0.29, 0.717) is 5.56 Å². The number of nitrogens with one attached hydrogen (secondary N) is 3. The van der Waals surface area contributed by atoms with Gasteiger partial charge in [-0.15, -0.1) is 0 Å². The molecule has 0 aromatic heterocycles. The fraction of sp³-hybridized carbons (Fsp3) is 0.500. The molecule has 8 N–H and O–H groups in total. The lowest BCUT2D eigenvalue weighted by Gasteiger charge is -2.26. The van der Waals surface area contributed by atoms with Crippen LogP contribution in [0.4, 0.5) is 0 Å². The Labute approximate surface area is 180 Å². The van der Waals surface area contributed by atoms with Gasteiger partial charge in [-0.3, -0.25) is 14.4 Å². The smallest absolute Gasteiger partial charge is 0.328 e. The number of carboxylic acids is 1. The first-order valence-corrected chi connectivity index (χ1v) is 9.75. The first-order chi connectivity index (χ1) is 14.6. The lowest BCUT2D eigenvalue weighted by molar-refractivity contribution is -0.143. The molecule has 172 valence electrons.